The van der Waals surface area contributed by atoms with E-state index in [1.807, 2.05) is 30.5 Å². The molecule has 0 aliphatic carbocycles. The molecule has 0 atom stereocenters. The van der Waals surface area contributed by atoms with E-state index >= 15 is 0 Å². The van der Waals surface area contributed by atoms with Crippen molar-refractivity contribution in [2.24, 2.45) is 4.99 Å². The minimum Gasteiger partial charge on any atom is -0.366 e. The molecule has 0 fully saturated rings. The van der Waals surface area contributed by atoms with Gasteiger partial charge in [-0.2, -0.15) is 0 Å². The topological polar surface area (TPSA) is 15.6 Å². The maximum absolute atomic E-state index is 4.57. The van der Waals surface area contributed by atoms with Crippen LogP contribution in [0.3, 0.4) is 0 Å². The Labute approximate surface area is 146 Å². The molecule has 0 saturated heterocycles. The third-order valence-corrected chi connectivity index (χ3v) is 4.91. The average molecular weight is 369 g/mol. The van der Waals surface area contributed by atoms with Gasteiger partial charge in [-0.1, -0.05) is 34.1 Å². The highest BCUT2D eigenvalue weighted by Crippen LogP contribution is 2.37. The molecule has 118 valence electrons. The van der Waals surface area contributed by atoms with Crippen LogP contribution in [0.4, 0.5) is 11.4 Å². The summed E-state index contributed by atoms with van der Waals surface area (Å²) in [4.78, 5) is 6.89. The van der Waals surface area contributed by atoms with Gasteiger partial charge >= 0.3 is 0 Å². The number of halogens is 1. The number of allylic oxidation sites excluding steroid dienone is 1. The Hall–Kier alpha value is -1.87. The van der Waals surface area contributed by atoms with E-state index in [1.54, 1.807) is 0 Å². The summed E-state index contributed by atoms with van der Waals surface area (Å²) in [6, 6.07) is 14.5. The number of fused-ring (bicyclic) bond motifs is 1. The number of hydrogen-bond acceptors (Lipinski definition) is 2. The summed E-state index contributed by atoms with van der Waals surface area (Å²) in [6.07, 6.45) is 4.25. The molecule has 0 radical (unpaired) electrons. The van der Waals surface area contributed by atoms with Crippen molar-refractivity contribution in [1.82, 2.24) is 0 Å². The van der Waals surface area contributed by atoms with Crippen LogP contribution in [0, 0.1) is 0 Å². The second-order valence-corrected chi connectivity index (χ2v) is 7.47. The summed E-state index contributed by atoms with van der Waals surface area (Å²) in [5.74, 6) is 0. The molecule has 0 saturated carbocycles. The van der Waals surface area contributed by atoms with Crippen molar-refractivity contribution in [3.8, 4) is 0 Å². The number of hydrogen-bond donors (Lipinski definition) is 0. The Morgan fingerprint density at radius 1 is 1.13 bits per heavy atom. The fourth-order valence-electron chi connectivity index (χ4n) is 2.96. The quantitative estimate of drug-likeness (QED) is 0.608. The molecule has 0 N–H and O–H groups in total. The van der Waals surface area contributed by atoms with Gasteiger partial charge in [-0.3, -0.25) is 4.99 Å². The molecule has 0 bridgehead atoms. The summed E-state index contributed by atoms with van der Waals surface area (Å²) < 4.78 is 1.04. The first-order valence-corrected chi connectivity index (χ1v) is 8.53. The fourth-order valence-corrected chi connectivity index (χ4v) is 3.35. The minimum absolute atomic E-state index is 0.0446. The predicted octanol–water partition coefficient (Wildman–Crippen LogP) is 5.83. The molecule has 0 unspecified atom stereocenters. The number of nitrogens with zero attached hydrogens (tertiary/aromatic N) is 2. The second kappa shape index (κ2) is 5.97. The van der Waals surface area contributed by atoms with Crippen LogP contribution in [0.1, 0.15) is 31.9 Å². The third kappa shape index (κ3) is 3.25. The molecule has 0 spiro atoms. The van der Waals surface area contributed by atoms with Crippen LogP contribution < -0.4 is 4.90 Å². The van der Waals surface area contributed by atoms with Crippen LogP contribution in [0.15, 0.2) is 58.0 Å². The van der Waals surface area contributed by atoms with Crippen LogP contribution in [-0.4, -0.2) is 18.8 Å². The van der Waals surface area contributed by atoms with Gasteiger partial charge in [0, 0.05) is 29.0 Å². The van der Waals surface area contributed by atoms with Crippen LogP contribution in [0.2, 0.25) is 0 Å². The maximum Gasteiger partial charge on any atom is 0.0641 e. The van der Waals surface area contributed by atoms with Gasteiger partial charge in [0.05, 0.1) is 11.2 Å². The Kier molecular flexibility index (Phi) is 4.15. The summed E-state index contributed by atoms with van der Waals surface area (Å²) in [6.45, 7) is 6.66. The highest BCUT2D eigenvalue weighted by atomic mass is 79.9. The third-order valence-electron chi connectivity index (χ3n) is 4.41. The molecule has 2 aromatic rings. The minimum atomic E-state index is 0.0446. The van der Waals surface area contributed by atoms with Gasteiger partial charge in [-0.15, -0.1) is 0 Å². The molecule has 2 nitrogen and oxygen atoms in total. The SMILES string of the molecule is CC1=CC(C)(C)N(C)c2ccc(C=Nc3cccc(Br)c3)cc21. The summed E-state index contributed by atoms with van der Waals surface area (Å²) in [5.41, 5.74) is 5.98. The van der Waals surface area contributed by atoms with Crippen molar-refractivity contribution < 1.29 is 0 Å². The summed E-state index contributed by atoms with van der Waals surface area (Å²) in [7, 11) is 2.15. The first-order valence-electron chi connectivity index (χ1n) is 7.74. The normalized spacial score (nSPS) is 16.4. The molecule has 2 aromatic carbocycles. The standard InChI is InChI=1S/C20H21BrN2/c1-14-12-20(2,3)23(4)19-9-8-15(10-18(14)19)13-22-17-7-5-6-16(21)11-17/h5-13H,1-4H3. The molecule has 3 heteroatoms. The molecule has 1 aliphatic heterocycles. The monoisotopic (exact) mass is 368 g/mol. The predicted molar refractivity (Wildman–Crippen MR) is 104 cm³/mol. The van der Waals surface area contributed by atoms with Crippen molar-refractivity contribution in [3.05, 3.63) is 64.1 Å². The van der Waals surface area contributed by atoms with Gasteiger partial charge in [0.2, 0.25) is 0 Å². The van der Waals surface area contributed by atoms with Crippen molar-refractivity contribution in [2.45, 2.75) is 26.3 Å². The molecule has 3 rings (SSSR count). The molecule has 1 aliphatic rings. The van der Waals surface area contributed by atoms with Crippen LogP contribution in [0.5, 0.6) is 0 Å². The van der Waals surface area contributed by atoms with E-state index in [-0.39, 0.29) is 5.54 Å². The zero-order valence-electron chi connectivity index (χ0n) is 14.0. The van der Waals surface area contributed by atoms with E-state index in [1.165, 1.54) is 16.8 Å². The highest BCUT2D eigenvalue weighted by Gasteiger charge is 2.28. The molecular weight excluding hydrogens is 348 g/mol. The number of likely N-dealkylation sites (N-methyl/N-ethyl adjacent to an activating group) is 1. The largest absolute Gasteiger partial charge is 0.366 e. The van der Waals surface area contributed by atoms with Gasteiger partial charge in [-0.25, -0.2) is 0 Å². The first-order chi connectivity index (χ1) is 10.9. The van der Waals surface area contributed by atoms with Gasteiger partial charge in [0.15, 0.2) is 0 Å². The van der Waals surface area contributed by atoms with Crippen molar-refractivity contribution in [1.29, 1.82) is 0 Å². The lowest BCUT2D eigenvalue weighted by Crippen LogP contribution is -2.42. The maximum atomic E-state index is 4.57. The van der Waals surface area contributed by atoms with Gasteiger partial charge < -0.3 is 4.90 Å². The zero-order valence-corrected chi connectivity index (χ0v) is 15.6. The van der Waals surface area contributed by atoms with Crippen LogP contribution >= 0.6 is 15.9 Å². The lowest BCUT2D eigenvalue weighted by molar-refractivity contribution is 0.598. The number of benzene rings is 2. The van der Waals surface area contributed by atoms with Crippen molar-refractivity contribution in [2.75, 3.05) is 11.9 Å². The molecule has 0 amide bonds. The fraction of sp³-hybridized carbons (Fsp3) is 0.250. The zero-order chi connectivity index (χ0) is 16.6. The van der Waals surface area contributed by atoms with E-state index in [2.05, 4.69) is 77.9 Å². The first kappa shape index (κ1) is 16.0. The van der Waals surface area contributed by atoms with E-state index in [9.17, 15) is 0 Å². The van der Waals surface area contributed by atoms with Crippen LogP contribution in [0.25, 0.3) is 5.57 Å². The smallest absolute Gasteiger partial charge is 0.0641 e. The molecule has 1 heterocycles. The van der Waals surface area contributed by atoms with Crippen LogP contribution in [-0.2, 0) is 0 Å². The Bertz CT molecular complexity index is 803. The lowest BCUT2D eigenvalue weighted by Gasteiger charge is -2.40. The van der Waals surface area contributed by atoms with Crippen molar-refractivity contribution >= 4 is 39.1 Å². The summed E-state index contributed by atoms with van der Waals surface area (Å²) in [5, 5.41) is 0. The Morgan fingerprint density at radius 2 is 1.91 bits per heavy atom. The Balaban J connectivity index is 1.94. The van der Waals surface area contributed by atoms with Gasteiger partial charge in [0.1, 0.15) is 0 Å². The van der Waals surface area contributed by atoms with Crippen molar-refractivity contribution in [3.63, 3.8) is 0 Å². The molecular formula is C20H21BrN2. The van der Waals surface area contributed by atoms with Gasteiger partial charge in [-0.05, 0) is 62.2 Å². The average Bonchev–Trinajstić information content (AvgIpc) is 2.50. The van der Waals surface area contributed by atoms with E-state index in [0.29, 0.717) is 0 Å². The lowest BCUT2D eigenvalue weighted by atomic mass is 9.89. The second-order valence-electron chi connectivity index (χ2n) is 6.55. The Morgan fingerprint density at radius 3 is 2.65 bits per heavy atom. The molecule has 0 aromatic heterocycles. The summed E-state index contributed by atoms with van der Waals surface area (Å²) >= 11 is 3.48. The molecule has 23 heavy (non-hydrogen) atoms. The highest BCUT2D eigenvalue weighted by molar-refractivity contribution is 9.10. The van der Waals surface area contributed by atoms with Gasteiger partial charge in [0.25, 0.3) is 0 Å². The number of anilines is 1. The number of rotatable bonds is 2. The van der Waals surface area contributed by atoms with E-state index < -0.39 is 0 Å². The van der Waals surface area contributed by atoms with E-state index in [0.717, 1.165) is 15.7 Å². The van der Waals surface area contributed by atoms with E-state index in [4.69, 9.17) is 0 Å². The number of aliphatic imine (C=N–C) groups is 1.